The van der Waals surface area contributed by atoms with Gasteiger partial charge in [0.15, 0.2) is 11.5 Å². The minimum absolute atomic E-state index is 0.0356. The summed E-state index contributed by atoms with van der Waals surface area (Å²) in [6.45, 7) is 1.19. The molecule has 2 fully saturated rings. The highest BCUT2D eigenvalue weighted by Gasteiger charge is 2.45. The number of aromatic nitrogens is 3. The van der Waals surface area contributed by atoms with Gasteiger partial charge in [0.1, 0.15) is 11.5 Å². The first-order valence-electron chi connectivity index (χ1n) is 13.4. The van der Waals surface area contributed by atoms with Gasteiger partial charge < -0.3 is 14.5 Å². The molecule has 1 saturated carbocycles. The van der Waals surface area contributed by atoms with Crippen molar-refractivity contribution in [3.8, 4) is 11.3 Å². The van der Waals surface area contributed by atoms with Crippen LogP contribution in [0, 0.1) is 5.41 Å². The quantitative estimate of drug-likeness (QED) is 0.289. The second-order valence-electron chi connectivity index (χ2n) is 11.0. The smallest absolute Gasteiger partial charge is 0.417 e. The molecule has 7 nitrogen and oxygen atoms in total. The number of hydrogen-bond acceptors (Lipinski definition) is 6. The van der Waals surface area contributed by atoms with E-state index in [2.05, 4.69) is 21.2 Å². The summed E-state index contributed by atoms with van der Waals surface area (Å²) in [6.07, 6.45) is 1.79. The maximum atomic E-state index is 13.8. The Morgan fingerprint density at radius 1 is 1.00 bits per heavy atom. The van der Waals surface area contributed by atoms with Crippen LogP contribution in [0.3, 0.4) is 0 Å². The number of benzene rings is 2. The van der Waals surface area contributed by atoms with Crippen molar-refractivity contribution < 1.29 is 27.6 Å². The Bertz CT molecular complexity index is 1680. The average molecular weight is 547 g/mol. The van der Waals surface area contributed by atoms with Gasteiger partial charge in [-0.2, -0.15) is 13.2 Å². The van der Waals surface area contributed by atoms with E-state index in [4.69, 9.17) is 4.52 Å². The molecule has 0 unspecified atom stereocenters. The van der Waals surface area contributed by atoms with E-state index >= 15 is 0 Å². The molecule has 0 bridgehead atoms. The highest BCUT2D eigenvalue weighted by molar-refractivity contribution is 5.94. The second kappa shape index (κ2) is 8.90. The third-order valence-electron chi connectivity index (χ3n) is 8.31. The van der Waals surface area contributed by atoms with Crippen LogP contribution in [-0.2, 0) is 6.18 Å². The Morgan fingerprint density at radius 3 is 2.30 bits per heavy atom. The molecule has 0 amide bonds. The normalized spacial score (nSPS) is 18.6. The summed E-state index contributed by atoms with van der Waals surface area (Å²) in [5, 5.41) is 14.0. The van der Waals surface area contributed by atoms with Crippen LogP contribution in [0.25, 0.3) is 27.9 Å². The fraction of sp³-hybridized carbons (Fsp3) is 0.333. The lowest BCUT2D eigenvalue weighted by Crippen LogP contribution is -2.43. The van der Waals surface area contributed by atoms with Crippen molar-refractivity contribution in [1.29, 1.82) is 0 Å². The molecule has 2 aromatic carbocycles. The zero-order chi connectivity index (χ0) is 27.6. The molecule has 1 spiro atoms. The minimum atomic E-state index is -4.50. The second-order valence-corrected chi connectivity index (χ2v) is 11.0. The van der Waals surface area contributed by atoms with Crippen LogP contribution in [-0.4, -0.2) is 39.3 Å². The van der Waals surface area contributed by atoms with Crippen LogP contribution in [0.5, 0.6) is 0 Å². The van der Waals surface area contributed by atoms with Crippen molar-refractivity contribution >= 4 is 28.4 Å². The molecule has 204 valence electrons. The molecule has 2 aromatic heterocycles. The lowest BCUT2D eigenvalue weighted by atomic mass is 9.63. The van der Waals surface area contributed by atoms with Crippen molar-refractivity contribution in [3.63, 3.8) is 0 Å². The predicted octanol–water partition coefficient (Wildman–Crippen LogP) is 6.95. The van der Waals surface area contributed by atoms with Crippen LogP contribution in [0.4, 0.5) is 19.0 Å². The van der Waals surface area contributed by atoms with Crippen LogP contribution in [0.1, 0.15) is 65.4 Å². The molecule has 3 aliphatic rings. The number of carboxylic acids is 1. The van der Waals surface area contributed by atoms with E-state index in [1.165, 1.54) is 12.1 Å². The van der Waals surface area contributed by atoms with Gasteiger partial charge in [-0.15, -0.1) is 0 Å². The van der Waals surface area contributed by atoms with Gasteiger partial charge in [0.2, 0.25) is 0 Å². The Hall–Kier alpha value is -4.21. The number of para-hydroxylation sites is 2. The maximum absolute atomic E-state index is 13.8. The molecule has 7 rings (SSSR count). The highest BCUT2D eigenvalue weighted by atomic mass is 19.4. The molecule has 3 heterocycles. The SMILES string of the molecule is O=C(O)c1nc2ccccc2nc1N1CCC2(C=C(c3c(-c4ccccc4C(F)(F)F)noc3C3CC3)C2)CC1. The van der Waals surface area contributed by atoms with E-state index < -0.39 is 17.7 Å². The summed E-state index contributed by atoms with van der Waals surface area (Å²) in [7, 11) is 0. The third-order valence-corrected chi connectivity index (χ3v) is 8.31. The van der Waals surface area contributed by atoms with E-state index in [-0.39, 0.29) is 28.3 Å². The Balaban J connectivity index is 1.18. The Morgan fingerprint density at radius 2 is 1.65 bits per heavy atom. The number of hydrogen-bond donors (Lipinski definition) is 1. The van der Waals surface area contributed by atoms with Crippen LogP contribution >= 0.6 is 0 Å². The first-order chi connectivity index (χ1) is 19.2. The van der Waals surface area contributed by atoms with E-state index in [1.807, 2.05) is 17.0 Å². The van der Waals surface area contributed by atoms with E-state index in [0.29, 0.717) is 47.7 Å². The topological polar surface area (TPSA) is 92.3 Å². The average Bonchev–Trinajstić information content (AvgIpc) is 3.69. The van der Waals surface area contributed by atoms with Gasteiger partial charge in [-0.3, -0.25) is 0 Å². The van der Waals surface area contributed by atoms with Gasteiger partial charge in [-0.1, -0.05) is 41.6 Å². The van der Waals surface area contributed by atoms with Gasteiger partial charge in [0.25, 0.3) is 0 Å². The molecule has 2 aliphatic carbocycles. The number of halogens is 3. The highest BCUT2D eigenvalue weighted by Crippen LogP contribution is 2.56. The van der Waals surface area contributed by atoms with Crippen molar-refractivity contribution in [1.82, 2.24) is 15.1 Å². The minimum Gasteiger partial charge on any atom is -0.476 e. The van der Waals surface area contributed by atoms with E-state index in [0.717, 1.165) is 37.3 Å². The lowest BCUT2D eigenvalue weighted by molar-refractivity contribution is -0.137. The number of carbonyl (C=O) groups is 1. The summed E-state index contributed by atoms with van der Waals surface area (Å²) < 4.78 is 47.2. The van der Waals surface area contributed by atoms with Crippen molar-refractivity contribution in [2.45, 2.75) is 44.2 Å². The predicted molar refractivity (Wildman–Crippen MR) is 142 cm³/mol. The van der Waals surface area contributed by atoms with Gasteiger partial charge in [-0.05, 0) is 61.3 Å². The van der Waals surface area contributed by atoms with Gasteiger partial charge in [0, 0.05) is 30.1 Å². The monoisotopic (exact) mass is 546 g/mol. The van der Waals surface area contributed by atoms with Crippen LogP contribution in [0.15, 0.2) is 59.1 Å². The number of fused-ring (bicyclic) bond motifs is 1. The number of rotatable bonds is 5. The summed E-state index contributed by atoms with van der Waals surface area (Å²) in [4.78, 5) is 22.9. The molecule has 4 aromatic rings. The van der Waals surface area contributed by atoms with Crippen molar-refractivity contribution in [3.05, 3.63) is 77.2 Å². The van der Waals surface area contributed by atoms with Gasteiger partial charge in [0.05, 0.1) is 16.6 Å². The molecular weight excluding hydrogens is 521 g/mol. The molecule has 1 aliphatic heterocycles. The summed E-state index contributed by atoms with van der Waals surface area (Å²) in [5.41, 5.74) is 2.25. The first kappa shape index (κ1) is 24.8. The van der Waals surface area contributed by atoms with Gasteiger partial charge >= 0.3 is 12.1 Å². The number of carboxylic acid groups (broad SMARTS) is 1. The summed E-state index contributed by atoms with van der Waals surface area (Å²) in [5.74, 6) is 0.120. The lowest BCUT2D eigenvalue weighted by Gasteiger charge is -2.46. The molecular formula is C30H25F3N4O3. The molecule has 0 atom stereocenters. The molecule has 40 heavy (non-hydrogen) atoms. The molecule has 10 heteroatoms. The summed E-state index contributed by atoms with van der Waals surface area (Å²) >= 11 is 0. The van der Waals surface area contributed by atoms with Crippen LogP contribution < -0.4 is 4.90 Å². The summed E-state index contributed by atoms with van der Waals surface area (Å²) in [6, 6.07) is 12.7. The zero-order valence-corrected chi connectivity index (χ0v) is 21.4. The first-order valence-corrected chi connectivity index (χ1v) is 13.4. The van der Waals surface area contributed by atoms with Crippen molar-refractivity contribution in [2.75, 3.05) is 18.0 Å². The molecule has 1 saturated heterocycles. The number of aromatic carboxylic acids is 1. The molecule has 1 N–H and O–H groups in total. The fourth-order valence-electron chi connectivity index (χ4n) is 6.08. The van der Waals surface area contributed by atoms with Crippen LogP contribution in [0.2, 0.25) is 0 Å². The Labute approximate surface area is 227 Å². The fourth-order valence-corrected chi connectivity index (χ4v) is 6.08. The number of anilines is 1. The zero-order valence-electron chi connectivity index (χ0n) is 21.4. The number of nitrogens with zero attached hydrogens (tertiary/aromatic N) is 4. The van der Waals surface area contributed by atoms with Gasteiger partial charge in [-0.25, -0.2) is 14.8 Å². The Kier molecular flexibility index (Phi) is 5.52. The molecule has 0 radical (unpaired) electrons. The third kappa shape index (κ3) is 4.13. The van der Waals surface area contributed by atoms with E-state index in [9.17, 15) is 23.1 Å². The van der Waals surface area contributed by atoms with Crippen molar-refractivity contribution in [2.24, 2.45) is 5.41 Å². The maximum Gasteiger partial charge on any atom is 0.417 e. The number of piperidine rings is 1. The number of allylic oxidation sites excluding steroid dienone is 2. The standard InChI is InChI=1S/C30H25F3N4O3/c31-30(32,33)20-6-2-1-5-19(20)24-23(26(40-36-24)17-9-10-17)18-15-29(16-18)11-13-37(14-12-29)27-25(28(38)39)34-21-7-3-4-8-22(21)35-27/h1-8,15,17H,9-14,16H2,(H,38,39). The van der Waals surface area contributed by atoms with E-state index in [1.54, 1.807) is 18.2 Å². The number of alkyl halides is 3. The largest absolute Gasteiger partial charge is 0.476 e.